The van der Waals surface area contributed by atoms with Gasteiger partial charge >= 0.3 is 0 Å². The molecule has 0 aromatic rings. The van der Waals surface area contributed by atoms with E-state index >= 15 is 0 Å². The molecule has 0 rings (SSSR count). The van der Waals surface area contributed by atoms with Crippen LogP contribution in [0, 0.1) is 12.3 Å². The minimum atomic E-state index is 0.357. The van der Waals surface area contributed by atoms with E-state index in [4.69, 9.17) is 11.2 Å². The molecule has 0 saturated heterocycles. The topological polar surface area (TPSA) is 9.23 Å². The number of rotatable bonds is 5. The first-order valence-electron chi connectivity index (χ1n) is 3.10. The summed E-state index contributed by atoms with van der Waals surface area (Å²) in [6, 6.07) is 0. The van der Waals surface area contributed by atoms with Crippen LogP contribution in [-0.2, 0) is 4.74 Å². The predicted molar refractivity (Wildman–Crippen MR) is 43.6 cm³/mol. The van der Waals surface area contributed by atoms with Crippen molar-refractivity contribution in [2.75, 3.05) is 13.2 Å². The molecule has 1 heteroatoms. The summed E-state index contributed by atoms with van der Waals surface area (Å²) in [5.41, 5.74) is 1.00. The van der Waals surface area contributed by atoms with Gasteiger partial charge in [0.05, 0.1) is 6.61 Å². The van der Waals surface area contributed by atoms with Crippen molar-refractivity contribution in [2.24, 2.45) is 0 Å². The van der Waals surface area contributed by atoms with E-state index in [1.165, 1.54) is 0 Å². The Bertz CT molecular complexity index is 151. The molecule has 0 bridgehead atoms. The lowest BCUT2D eigenvalue weighted by atomic mass is 10.2. The molecule has 54 valence electrons. The Morgan fingerprint density at radius 3 is 2.90 bits per heavy atom. The van der Waals surface area contributed by atoms with Crippen molar-refractivity contribution < 1.29 is 4.74 Å². The zero-order chi connectivity index (χ0) is 7.82. The second-order valence-electron chi connectivity index (χ2n) is 1.94. The Labute approximate surface area is 62.4 Å². The van der Waals surface area contributed by atoms with Crippen LogP contribution in [-0.4, -0.2) is 13.2 Å². The molecule has 0 aromatic heterocycles. The minimum Gasteiger partial charge on any atom is -0.364 e. The SMILES string of the molecule is C#CCOCC(=C)CC=C. The van der Waals surface area contributed by atoms with Crippen molar-refractivity contribution in [3.05, 3.63) is 24.8 Å². The average Bonchev–Trinajstić information content (AvgIpc) is 1.89. The van der Waals surface area contributed by atoms with Crippen LogP contribution in [0.2, 0.25) is 0 Å². The lowest BCUT2D eigenvalue weighted by Crippen LogP contribution is -1.96. The lowest BCUT2D eigenvalue weighted by Gasteiger charge is -2.00. The molecule has 1 nitrogen and oxygen atoms in total. The van der Waals surface area contributed by atoms with Gasteiger partial charge in [0.2, 0.25) is 0 Å². The predicted octanol–water partition coefficient (Wildman–Crippen LogP) is 1.77. The highest BCUT2D eigenvalue weighted by Gasteiger charge is 1.88. The quantitative estimate of drug-likeness (QED) is 0.318. The minimum absolute atomic E-state index is 0.357. The van der Waals surface area contributed by atoms with Crippen LogP contribution in [0.5, 0.6) is 0 Å². The number of allylic oxidation sites excluding steroid dienone is 1. The Hall–Kier alpha value is -1.00. The highest BCUT2D eigenvalue weighted by atomic mass is 16.5. The van der Waals surface area contributed by atoms with Gasteiger partial charge in [0.15, 0.2) is 0 Å². The van der Waals surface area contributed by atoms with Gasteiger partial charge in [0, 0.05) is 0 Å². The Balaban J connectivity index is 3.23. The van der Waals surface area contributed by atoms with Crippen LogP contribution in [0.4, 0.5) is 0 Å². The zero-order valence-corrected chi connectivity index (χ0v) is 6.10. The molecule has 0 aliphatic carbocycles. The van der Waals surface area contributed by atoms with E-state index in [-0.39, 0.29) is 0 Å². The van der Waals surface area contributed by atoms with Gasteiger partial charge in [0.25, 0.3) is 0 Å². The van der Waals surface area contributed by atoms with E-state index in [2.05, 4.69) is 19.1 Å². The average molecular weight is 136 g/mol. The van der Waals surface area contributed by atoms with Gasteiger partial charge in [-0.05, 0) is 12.0 Å². The van der Waals surface area contributed by atoms with E-state index in [1.54, 1.807) is 6.08 Å². The molecular weight excluding hydrogens is 124 g/mol. The maximum atomic E-state index is 5.01. The molecule has 0 aliphatic rings. The largest absolute Gasteiger partial charge is 0.364 e. The summed E-state index contributed by atoms with van der Waals surface area (Å²) in [4.78, 5) is 0. The van der Waals surface area contributed by atoms with Crippen molar-refractivity contribution in [3.8, 4) is 12.3 Å². The molecule has 0 aromatic carbocycles. The Morgan fingerprint density at radius 1 is 1.70 bits per heavy atom. The van der Waals surface area contributed by atoms with E-state index < -0.39 is 0 Å². The first kappa shape index (κ1) is 9.00. The normalized spacial score (nSPS) is 8.30. The standard InChI is InChI=1S/C9H12O/c1-4-6-9(3)8-10-7-5-2/h2,4H,1,3,6-8H2. The summed E-state index contributed by atoms with van der Waals surface area (Å²) >= 11 is 0. The summed E-state index contributed by atoms with van der Waals surface area (Å²) in [6.07, 6.45) is 7.55. The van der Waals surface area contributed by atoms with Gasteiger partial charge in [-0.25, -0.2) is 0 Å². The Kier molecular flexibility index (Phi) is 5.51. The van der Waals surface area contributed by atoms with Gasteiger partial charge in [-0.3, -0.25) is 0 Å². The Morgan fingerprint density at radius 2 is 2.40 bits per heavy atom. The van der Waals surface area contributed by atoms with Gasteiger partial charge in [-0.1, -0.05) is 18.6 Å². The monoisotopic (exact) mass is 136 g/mol. The summed E-state index contributed by atoms with van der Waals surface area (Å²) < 4.78 is 5.01. The molecule has 0 atom stereocenters. The van der Waals surface area contributed by atoms with Crippen molar-refractivity contribution >= 4 is 0 Å². The highest BCUT2D eigenvalue weighted by molar-refractivity contribution is 5.00. The van der Waals surface area contributed by atoms with Gasteiger partial charge in [0.1, 0.15) is 6.61 Å². The van der Waals surface area contributed by atoms with Crippen LogP contribution in [0.1, 0.15) is 6.42 Å². The van der Waals surface area contributed by atoms with Crippen LogP contribution in [0.3, 0.4) is 0 Å². The molecule has 0 saturated carbocycles. The molecule has 0 spiro atoms. The first-order chi connectivity index (χ1) is 4.81. The fourth-order valence-electron chi connectivity index (χ4n) is 0.517. The summed E-state index contributed by atoms with van der Waals surface area (Å²) in [6.45, 7) is 8.22. The molecule has 0 unspecified atom stereocenters. The van der Waals surface area contributed by atoms with E-state index in [0.717, 1.165) is 12.0 Å². The van der Waals surface area contributed by atoms with E-state index in [0.29, 0.717) is 13.2 Å². The summed E-state index contributed by atoms with van der Waals surface area (Å²) in [5.74, 6) is 2.38. The number of hydrogen-bond acceptors (Lipinski definition) is 1. The van der Waals surface area contributed by atoms with Crippen LogP contribution in [0.25, 0.3) is 0 Å². The maximum Gasteiger partial charge on any atom is 0.107 e. The third-order valence-corrected chi connectivity index (χ3v) is 0.925. The van der Waals surface area contributed by atoms with Crippen LogP contribution < -0.4 is 0 Å². The third kappa shape index (κ3) is 5.14. The summed E-state index contributed by atoms with van der Waals surface area (Å²) in [7, 11) is 0. The first-order valence-corrected chi connectivity index (χ1v) is 3.10. The molecule has 0 heterocycles. The lowest BCUT2D eigenvalue weighted by molar-refractivity contribution is 0.191. The highest BCUT2D eigenvalue weighted by Crippen LogP contribution is 1.97. The molecule has 0 radical (unpaired) electrons. The third-order valence-electron chi connectivity index (χ3n) is 0.925. The molecule has 0 amide bonds. The van der Waals surface area contributed by atoms with Gasteiger partial charge < -0.3 is 4.74 Å². The molecular formula is C9H12O. The van der Waals surface area contributed by atoms with Gasteiger partial charge in [-0.15, -0.1) is 13.0 Å². The number of terminal acetylenes is 1. The van der Waals surface area contributed by atoms with Gasteiger partial charge in [-0.2, -0.15) is 0 Å². The molecule has 0 aliphatic heterocycles. The number of ether oxygens (including phenoxy) is 1. The fourth-order valence-corrected chi connectivity index (χ4v) is 0.517. The van der Waals surface area contributed by atoms with Crippen molar-refractivity contribution in [2.45, 2.75) is 6.42 Å². The molecule has 0 fully saturated rings. The zero-order valence-electron chi connectivity index (χ0n) is 6.10. The second kappa shape index (κ2) is 6.12. The number of hydrogen-bond donors (Lipinski definition) is 0. The van der Waals surface area contributed by atoms with Crippen molar-refractivity contribution in [1.29, 1.82) is 0 Å². The second-order valence-corrected chi connectivity index (χ2v) is 1.94. The fraction of sp³-hybridized carbons (Fsp3) is 0.333. The molecule has 10 heavy (non-hydrogen) atoms. The van der Waals surface area contributed by atoms with Crippen LogP contribution in [0.15, 0.2) is 24.8 Å². The smallest absolute Gasteiger partial charge is 0.107 e. The van der Waals surface area contributed by atoms with Crippen molar-refractivity contribution in [3.63, 3.8) is 0 Å². The van der Waals surface area contributed by atoms with Crippen molar-refractivity contribution in [1.82, 2.24) is 0 Å². The van der Waals surface area contributed by atoms with E-state index in [9.17, 15) is 0 Å². The van der Waals surface area contributed by atoms with Crippen LogP contribution >= 0.6 is 0 Å². The maximum absolute atomic E-state index is 5.01. The summed E-state index contributed by atoms with van der Waals surface area (Å²) in [5, 5.41) is 0. The van der Waals surface area contributed by atoms with E-state index in [1.807, 2.05) is 0 Å². The molecule has 0 N–H and O–H groups in total.